The van der Waals surface area contributed by atoms with Crippen LogP contribution in [-0.2, 0) is 12.1 Å². The maximum atomic E-state index is 4.48. The first-order valence-corrected chi connectivity index (χ1v) is 9.40. The van der Waals surface area contributed by atoms with Gasteiger partial charge in [-0.3, -0.25) is 0 Å². The lowest BCUT2D eigenvalue weighted by Gasteiger charge is -2.46. The molecule has 2 aromatic heterocycles. The van der Waals surface area contributed by atoms with Crippen molar-refractivity contribution >= 4 is 0 Å². The topological polar surface area (TPSA) is 48.5 Å². The molecule has 1 aliphatic heterocycles. The zero-order chi connectivity index (χ0) is 17.8. The Morgan fingerprint density at radius 1 is 1.00 bits per heavy atom. The van der Waals surface area contributed by atoms with Gasteiger partial charge in [-0.2, -0.15) is 0 Å². The van der Waals surface area contributed by atoms with Crippen LogP contribution in [0.5, 0.6) is 0 Å². The summed E-state index contributed by atoms with van der Waals surface area (Å²) in [6.45, 7) is 0.764. The fraction of sp³-hybridized carbons (Fsp3) is 0.227. The van der Waals surface area contributed by atoms with Gasteiger partial charge < -0.3 is 4.57 Å². The Bertz CT molecular complexity index is 1120. The minimum absolute atomic E-state index is 0.0380. The third-order valence-electron chi connectivity index (χ3n) is 6.13. The van der Waals surface area contributed by atoms with E-state index in [2.05, 4.69) is 74.6 Å². The SMILES string of the molecule is c1ccc(Cn2cc(C3CC4(C3)c3ccccc3-c3cncn34)nn2)cc1. The highest BCUT2D eigenvalue weighted by Gasteiger charge is 2.53. The average molecular weight is 353 g/mol. The van der Waals surface area contributed by atoms with E-state index in [4.69, 9.17) is 0 Å². The summed E-state index contributed by atoms with van der Waals surface area (Å²) in [5.41, 5.74) is 6.36. The van der Waals surface area contributed by atoms with Crippen molar-refractivity contribution in [1.82, 2.24) is 24.5 Å². The van der Waals surface area contributed by atoms with Gasteiger partial charge in [0.25, 0.3) is 0 Å². The molecule has 1 saturated carbocycles. The lowest BCUT2D eigenvalue weighted by molar-refractivity contribution is 0.167. The molecule has 0 amide bonds. The minimum atomic E-state index is 0.0380. The molecule has 0 unspecified atom stereocenters. The van der Waals surface area contributed by atoms with Crippen LogP contribution >= 0.6 is 0 Å². The van der Waals surface area contributed by atoms with E-state index < -0.39 is 0 Å². The minimum Gasteiger partial charge on any atom is -0.320 e. The van der Waals surface area contributed by atoms with Crippen molar-refractivity contribution in [3.63, 3.8) is 0 Å². The predicted molar refractivity (Wildman–Crippen MR) is 102 cm³/mol. The molecular weight excluding hydrogens is 334 g/mol. The lowest BCUT2D eigenvalue weighted by Crippen LogP contribution is -2.44. The van der Waals surface area contributed by atoms with Crippen molar-refractivity contribution in [3.8, 4) is 11.3 Å². The number of rotatable bonds is 3. The van der Waals surface area contributed by atoms with Crippen LogP contribution in [0, 0.1) is 0 Å². The Kier molecular flexibility index (Phi) is 2.98. The fourth-order valence-electron chi connectivity index (χ4n) is 4.81. The third-order valence-corrected chi connectivity index (χ3v) is 6.13. The predicted octanol–water partition coefficient (Wildman–Crippen LogP) is 3.82. The van der Waals surface area contributed by atoms with E-state index in [1.165, 1.54) is 22.4 Å². The molecular formula is C22H19N5. The van der Waals surface area contributed by atoms with Gasteiger partial charge in [-0.25, -0.2) is 9.67 Å². The highest BCUT2D eigenvalue weighted by Crippen LogP contribution is 2.59. The van der Waals surface area contributed by atoms with Gasteiger partial charge in [-0.15, -0.1) is 5.10 Å². The van der Waals surface area contributed by atoms with Gasteiger partial charge >= 0.3 is 0 Å². The van der Waals surface area contributed by atoms with Gasteiger partial charge in [-0.1, -0.05) is 59.8 Å². The first kappa shape index (κ1) is 14.9. The molecule has 27 heavy (non-hydrogen) atoms. The summed E-state index contributed by atoms with van der Waals surface area (Å²) in [6.07, 6.45) is 8.18. The van der Waals surface area contributed by atoms with Crippen molar-refractivity contribution in [2.45, 2.75) is 30.8 Å². The molecule has 2 aliphatic rings. The summed E-state index contributed by atoms with van der Waals surface area (Å²) >= 11 is 0. The highest BCUT2D eigenvalue weighted by atomic mass is 15.4. The van der Waals surface area contributed by atoms with E-state index in [9.17, 15) is 0 Å². The third kappa shape index (κ3) is 2.08. The molecule has 0 bridgehead atoms. The Balaban J connectivity index is 1.27. The van der Waals surface area contributed by atoms with Crippen molar-refractivity contribution in [2.75, 3.05) is 0 Å². The second-order valence-corrected chi connectivity index (χ2v) is 7.66. The van der Waals surface area contributed by atoms with Crippen LogP contribution in [0.15, 0.2) is 73.3 Å². The van der Waals surface area contributed by atoms with Gasteiger partial charge in [0.1, 0.15) is 0 Å². The van der Waals surface area contributed by atoms with Gasteiger partial charge in [0.15, 0.2) is 0 Å². The Labute approximate surface area is 157 Å². The molecule has 1 aliphatic carbocycles. The molecule has 0 saturated heterocycles. The van der Waals surface area contributed by atoms with Crippen LogP contribution in [-0.4, -0.2) is 24.5 Å². The quantitative estimate of drug-likeness (QED) is 0.562. The first-order valence-electron chi connectivity index (χ1n) is 9.40. The Hall–Kier alpha value is -3.21. The maximum absolute atomic E-state index is 4.48. The molecule has 132 valence electrons. The van der Waals surface area contributed by atoms with E-state index >= 15 is 0 Å². The molecule has 0 radical (unpaired) electrons. The standard InChI is InChI=1S/C22H19N5/c1-2-6-16(7-3-1)13-26-14-20(24-25-26)17-10-22(11-17)19-9-5-4-8-18(19)21-12-23-15-27(21)22/h1-9,12,14-15,17H,10-11,13H2. The highest BCUT2D eigenvalue weighted by molar-refractivity contribution is 5.71. The Morgan fingerprint density at radius 2 is 1.81 bits per heavy atom. The average Bonchev–Trinajstić information content (AvgIpc) is 3.37. The largest absolute Gasteiger partial charge is 0.320 e. The molecule has 1 spiro atoms. The zero-order valence-corrected chi connectivity index (χ0v) is 14.9. The van der Waals surface area contributed by atoms with Gasteiger partial charge in [0.2, 0.25) is 0 Å². The molecule has 6 rings (SSSR count). The monoisotopic (exact) mass is 353 g/mol. The van der Waals surface area contributed by atoms with Crippen LogP contribution in [0.2, 0.25) is 0 Å². The number of aromatic nitrogens is 5. The number of nitrogens with zero attached hydrogens (tertiary/aromatic N) is 5. The molecule has 4 aromatic rings. The summed E-state index contributed by atoms with van der Waals surface area (Å²) in [6, 6.07) is 19.1. The number of imidazole rings is 1. The smallest absolute Gasteiger partial charge is 0.0959 e. The number of benzene rings is 2. The molecule has 3 heterocycles. The van der Waals surface area contributed by atoms with Crippen molar-refractivity contribution in [2.24, 2.45) is 0 Å². The van der Waals surface area contributed by atoms with Crippen molar-refractivity contribution < 1.29 is 0 Å². The van der Waals surface area contributed by atoms with E-state index in [1.807, 2.05) is 23.3 Å². The van der Waals surface area contributed by atoms with Gasteiger partial charge in [0, 0.05) is 17.7 Å². The summed E-state index contributed by atoms with van der Waals surface area (Å²) in [7, 11) is 0. The first-order chi connectivity index (χ1) is 13.3. The number of hydrogen-bond acceptors (Lipinski definition) is 3. The van der Waals surface area contributed by atoms with Crippen LogP contribution in [0.1, 0.15) is 35.6 Å². The molecule has 0 atom stereocenters. The normalized spacial score (nSPS) is 22.4. The van der Waals surface area contributed by atoms with Gasteiger partial charge in [0.05, 0.1) is 36.0 Å². The van der Waals surface area contributed by atoms with E-state index in [0.717, 1.165) is 25.1 Å². The summed E-state index contributed by atoms with van der Waals surface area (Å²) in [5, 5.41) is 8.83. The number of hydrogen-bond donors (Lipinski definition) is 0. The molecule has 5 heteroatoms. The van der Waals surface area contributed by atoms with E-state index in [0.29, 0.717) is 5.92 Å². The van der Waals surface area contributed by atoms with Crippen LogP contribution in [0.3, 0.4) is 0 Å². The van der Waals surface area contributed by atoms with E-state index in [1.54, 1.807) is 0 Å². The second kappa shape index (κ2) is 5.39. The zero-order valence-electron chi connectivity index (χ0n) is 14.9. The van der Waals surface area contributed by atoms with Gasteiger partial charge in [-0.05, 0) is 24.0 Å². The van der Waals surface area contributed by atoms with Crippen molar-refractivity contribution in [1.29, 1.82) is 0 Å². The Morgan fingerprint density at radius 3 is 2.70 bits per heavy atom. The summed E-state index contributed by atoms with van der Waals surface area (Å²) in [4.78, 5) is 4.40. The molecule has 2 aromatic carbocycles. The molecule has 0 N–H and O–H groups in total. The lowest BCUT2D eigenvalue weighted by atomic mass is 9.64. The van der Waals surface area contributed by atoms with Crippen LogP contribution < -0.4 is 0 Å². The second-order valence-electron chi connectivity index (χ2n) is 7.66. The van der Waals surface area contributed by atoms with Crippen LogP contribution in [0.4, 0.5) is 0 Å². The van der Waals surface area contributed by atoms with Crippen LogP contribution in [0.25, 0.3) is 11.3 Å². The molecule has 1 fully saturated rings. The van der Waals surface area contributed by atoms with E-state index in [-0.39, 0.29) is 5.54 Å². The number of fused-ring (bicyclic) bond motifs is 5. The molecule has 5 nitrogen and oxygen atoms in total. The van der Waals surface area contributed by atoms with Crippen molar-refractivity contribution in [3.05, 3.63) is 90.1 Å². The summed E-state index contributed by atoms with van der Waals surface area (Å²) < 4.78 is 4.31. The summed E-state index contributed by atoms with van der Waals surface area (Å²) in [5.74, 6) is 0.441. The fourth-order valence-corrected chi connectivity index (χ4v) is 4.81. The maximum Gasteiger partial charge on any atom is 0.0959 e.